The predicted molar refractivity (Wildman–Crippen MR) is 209 cm³/mol. The first-order chi connectivity index (χ1) is 25.8. The standard InChI is InChI=1S/C40H54N2O11S2.Na/c1-39(2,3)33-27-30(53-36-26-29(15-17-32(33)36)41(21-23-51-5)22-24-52-6)12-10-13-37-40(4,19-11-25-54(45,46)47)34-28-31(55(48,49)50)16-18-35(34)42(37)20-9-7-8-14-38(43)44;/h10,12-13,15-18,26-28H,7-9,11,14,19-25H2,1-6H3,(H2-,43,44,45,46,47,48,49,50);/q;+1/p-1. The van der Waals surface area contributed by atoms with Crippen LogP contribution in [0.1, 0.15) is 83.1 Å². The molecule has 0 aromatic heterocycles. The molecule has 1 unspecified atom stereocenters. The molecular weight excluding hydrogens is 772 g/mol. The summed E-state index contributed by atoms with van der Waals surface area (Å²) in [7, 11) is -6.04. The Hall–Kier alpha value is -2.86. The van der Waals surface area contributed by atoms with Crippen LogP contribution in [0.25, 0.3) is 17.4 Å². The van der Waals surface area contributed by atoms with Crippen LogP contribution in [0.4, 0.5) is 5.69 Å². The quantitative estimate of drug-likeness (QED) is 0.0806. The van der Waals surface area contributed by atoms with Crippen molar-refractivity contribution in [2.45, 2.75) is 81.9 Å². The Bertz CT molecular complexity index is 2150. The number of allylic oxidation sites excluding steroid dienone is 3. The van der Waals surface area contributed by atoms with Crippen molar-refractivity contribution in [2.24, 2.45) is 0 Å². The van der Waals surface area contributed by atoms with E-state index >= 15 is 0 Å². The van der Waals surface area contributed by atoms with E-state index in [2.05, 4.69) is 37.5 Å². The van der Waals surface area contributed by atoms with Crippen LogP contribution in [0.15, 0.2) is 69.6 Å². The number of nitrogens with zero attached hydrogens (tertiary/aromatic N) is 2. The summed E-state index contributed by atoms with van der Waals surface area (Å²) in [5.74, 6) is -0.244. The molecule has 1 atom stereocenters. The van der Waals surface area contributed by atoms with E-state index in [-0.39, 0.29) is 54.2 Å². The number of benzene rings is 2. The molecule has 4 rings (SSSR count). The second-order valence-corrected chi connectivity index (χ2v) is 18.0. The molecule has 3 aliphatic rings. The molecule has 1 aliphatic carbocycles. The fraction of sp³-hybridized carbons (Fsp3) is 0.500. The van der Waals surface area contributed by atoms with Crippen LogP contribution in [-0.2, 0) is 45.3 Å². The fourth-order valence-corrected chi connectivity index (χ4v) is 8.11. The predicted octanol–water partition coefficient (Wildman–Crippen LogP) is 2.30. The number of hydrogen-bond donors (Lipinski definition) is 1. The van der Waals surface area contributed by atoms with Gasteiger partial charge in [0.25, 0.3) is 0 Å². The van der Waals surface area contributed by atoms with Crippen molar-refractivity contribution in [3.63, 3.8) is 0 Å². The molecule has 0 radical (unpaired) electrons. The minimum Gasteiger partial charge on any atom is -0.748 e. The summed E-state index contributed by atoms with van der Waals surface area (Å²) in [5, 5.41) is 10.1. The molecule has 2 aliphatic heterocycles. The molecule has 0 bridgehead atoms. The van der Waals surface area contributed by atoms with Crippen LogP contribution in [0, 0.1) is 0 Å². The van der Waals surface area contributed by atoms with Crippen LogP contribution < -0.4 is 44.4 Å². The van der Waals surface area contributed by atoms with E-state index < -0.39 is 42.3 Å². The van der Waals surface area contributed by atoms with Gasteiger partial charge < -0.3 is 33.0 Å². The molecular formula is C40H53N2NaO11S2. The molecule has 16 heteroatoms. The first-order valence-electron chi connectivity index (χ1n) is 18.3. The van der Waals surface area contributed by atoms with Gasteiger partial charge in [-0.1, -0.05) is 33.3 Å². The SMILES string of the molecule is COCC[N+](CCOC)=c1ccc2c(C(C)(C)C)cc(/C=C/C=C3/N(CCCCCC(=O)O)c4ccc(S(=O)(=O)[O-])cc4C3(C)CCCS(=O)(=O)[O-])oc-2c1.[Na+]. The molecule has 0 fully saturated rings. The maximum atomic E-state index is 12.1. The van der Waals surface area contributed by atoms with Gasteiger partial charge in [0.05, 0.1) is 21.1 Å². The van der Waals surface area contributed by atoms with Gasteiger partial charge in [0.2, 0.25) is 5.36 Å². The van der Waals surface area contributed by atoms with E-state index in [0.717, 1.165) is 16.5 Å². The van der Waals surface area contributed by atoms with Crippen molar-refractivity contribution >= 4 is 38.0 Å². The first kappa shape index (κ1) is 47.5. The number of carbonyl (C=O) groups is 1. The van der Waals surface area contributed by atoms with E-state index in [9.17, 15) is 30.7 Å². The number of carboxylic acids is 1. The Balaban J connectivity index is 0.00000841. The van der Waals surface area contributed by atoms with Crippen LogP contribution in [0.2, 0.25) is 0 Å². The van der Waals surface area contributed by atoms with Gasteiger partial charge in [-0.15, -0.1) is 0 Å². The van der Waals surface area contributed by atoms with Crippen LogP contribution in [0.5, 0.6) is 0 Å². The number of carboxylic acid groups (broad SMARTS) is 1. The Morgan fingerprint density at radius 1 is 0.964 bits per heavy atom. The number of anilines is 1. The molecule has 1 aromatic carbocycles. The molecule has 13 nitrogen and oxygen atoms in total. The number of hydrogen-bond acceptors (Lipinski definition) is 11. The van der Waals surface area contributed by atoms with Gasteiger partial charge in [-0.05, 0) is 91.6 Å². The van der Waals surface area contributed by atoms with Gasteiger partial charge in [0, 0.05) is 61.4 Å². The number of ether oxygens (including phenoxy) is 2. The molecule has 1 N–H and O–H groups in total. The van der Waals surface area contributed by atoms with Crippen molar-refractivity contribution in [1.82, 2.24) is 4.58 Å². The summed E-state index contributed by atoms with van der Waals surface area (Å²) in [6, 6.07) is 12.3. The largest absolute Gasteiger partial charge is 1.00 e. The van der Waals surface area contributed by atoms with E-state index in [4.69, 9.17) is 19.0 Å². The van der Waals surface area contributed by atoms with E-state index in [1.807, 2.05) is 42.2 Å². The summed E-state index contributed by atoms with van der Waals surface area (Å²) >= 11 is 0. The average Bonchev–Trinajstić information content (AvgIpc) is 3.32. The first-order valence-corrected chi connectivity index (χ1v) is 21.3. The molecule has 0 saturated carbocycles. The number of methoxy groups -OCH3 is 2. The molecule has 2 heterocycles. The Morgan fingerprint density at radius 3 is 2.23 bits per heavy atom. The van der Waals surface area contributed by atoms with Gasteiger partial charge in [-0.3, -0.25) is 4.79 Å². The van der Waals surface area contributed by atoms with Crippen LogP contribution in [-0.4, -0.2) is 89.8 Å². The average molecular weight is 825 g/mol. The molecule has 0 spiro atoms. The minimum atomic E-state index is -4.82. The zero-order valence-electron chi connectivity index (χ0n) is 33.5. The smallest absolute Gasteiger partial charge is 0.748 e. The normalized spacial score (nSPS) is 16.8. The number of aliphatic carboxylic acids is 1. The third-order valence-corrected chi connectivity index (χ3v) is 11.5. The molecule has 0 amide bonds. The summed E-state index contributed by atoms with van der Waals surface area (Å²) in [4.78, 5) is 12.7. The minimum absolute atomic E-state index is 0. The molecule has 56 heavy (non-hydrogen) atoms. The van der Waals surface area contributed by atoms with Crippen LogP contribution in [0.3, 0.4) is 0 Å². The summed E-state index contributed by atoms with van der Waals surface area (Å²) in [6.45, 7) is 11.0. The van der Waals surface area contributed by atoms with Gasteiger partial charge >= 0.3 is 35.5 Å². The zero-order chi connectivity index (χ0) is 40.6. The second-order valence-electron chi connectivity index (χ2n) is 15.1. The van der Waals surface area contributed by atoms with E-state index in [0.29, 0.717) is 80.6 Å². The second kappa shape index (κ2) is 20.2. The van der Waals surface area contributed by atoms with Crippen molar-refractivity contribution in [2.75, 3.05) is 57.7 Å². The van der Waals surface area contributed by atoms with Crippen molar-refractivity contribution in [1.29, 1.82) is 0 Å². The molecule has 1 aromatic rings. The summed E-state index contributed by atoms with van der Waals surface area (Å²) in [5.41, 5.74) is 2.66. The van der Waals surface area contributed by atoms with Crippen molar-refractivity contribution in [3.05, 3.63) is 82.6 Å². The topological polar surface area (TPSA) is 190 Å². The monoisotopic (exact) mass is 824 g/mol. The Morgan fingerprint density at radius 2 is 1.64 bits per heavy atom. The molecule has 0 saturated heterocycles. The fourth-order valence-electron chi connectivity index (χ4n) is 7.12. The van der Waals surface area contributed by atoms with Crippen LogP contribution >= 0.6 is 0 Å². The molecule has 302 valence electrons. The number of unbranched alkanes of at least 4 members (excludes halogenated alkanes) is 2. The number of fused-ring (bicyclic) bond motifs is 2. The number of rotatable bonds is 19. The van der Waals surface area contributed by atoms with Crippen molar-refractivity contribution < 1.29 is 79.3 Å². The van der Waals surface area contributed by atoms with Gasteiger partial charge in [0.15, 0.2) is 13.1 Å². The maximum absolute atomic E-state index is 12.1. The van der Waals surface area contributed by atoms with Crippen molar-refractivity contribution in [3.8, 4) is 11.3 Å². The van der Waals surface area contributed by atoms with E-state index in [1.165, 1.54) is 12.1 Å². The summed E-state index contributed by atoms with van der Waals surface area (Å²) in [6.07, 6.45) is 7.37. The zero-order valence-corrected chi connectivity index (χ0v) is 37.1. The third-order valence-electron chi connectivity index (χ3n) is 9.93. The Kier molecular flexibility index (Phi) is 17.1. The third kappa shape index (κ3) is 12.6. The summed E-state index contributed by atoms with van der Waals surface area (Å²) < 4.78 is 90.7. The van der Waals surface area contributed by atoms with Gasteiger partial charge in [0.1, 0.15) is 34.9 Å². The van der Waals surface area contributed by atoms with E-state index in [1.54, 1.807) is 20.3 Å². The van der Waals surface area contributed by atoms with Gasteiger partial charge in [-0.2, -0.15) is 0 Å². The maximum Gasteiger partial charge on any atom is 1.00 e. The van der Waals surface area contributed by atoms with Gasteiger partial charge in [-0.25, -0.2) is 21.4 Å². The Labute approximate surface area is 353 Å².